The number of aryl methyl sites for hydroxylation is 2. The summed E-state index contributed by atoms with van der Waals surface area (Å²) in [4.78, 5) is 16.2. The fourth-order valence-corrected chi connectivity index (χ4v) is 3.15. The van der Waals surface area contributed by atoms with Gasteiger partial charge < -0.3 is 4.90 Å². The molecular weight excluding hydrogens is 364 g/mol. The molecule has 8 nitrogen and oxygen atoms in total. The highest BCUT2D eigenvalue weighted by molar-refractivity contribution is 5.61. The second kappa shape index (κ2) is 7.83. The summed E-state index contributed by atoms with van der Waals surface area (Å²) in [6.45, 7) is 10.1. The van der Waals surface area contributed by atoms with Gasteiger partial charge >= 0.3 is 0 Å². The lowest BCUT2D eigenvalue weighted by Gasteiger charge is -2.21. The van der Waals surface area contributed by atoms with E-state index in [1.165, 1.54) is 5.69 Å². The Labute approximate surface area is 169 Å². The van der Waals surface area contributed by atoms with E-state index in [1.54, 1.807) is 9.36 Å². The van der Waals surface area contributed by atoms with Crippen LogP contribution in [0.4, 0.5) is 5.69 Å². The van der Waals surface area contributed by atoms with E-state index in [0.29, 0.717) is 17.7 Å². The molecule has 0 aliphatic carbocycles. The molecule has 4 aromatic rings. The van der Waals surface area contributed by atoms with Gasteiger partial charge in [0.1, 0.15) is 0 Å². The summed E-state index contributed by atoms with van der Waals surface area (Å²) < 4.78 is 3.31. The maximum Gasteiger partial charge on any atom is 0.255 e. The molecule has 148 valence electrons. The molecule has 0 N–H and O–H groups in total. The average Bonchev–Trinajstić information content (AvgIpc) is 3.37. The molecular formula is C21H24N8. The predicted molar refractivity (Wildman–Crippen MR) is 113 cm³/mol. The SMILES string of the molecule is CCN(CC)c1ccc(-c2nc(-n3ccc(C)n3)nc(-n3ccc(C)n3)n2)cc1. The topological polar surface area (TPSA) is 77.5 Å². The van der Waals surface area contributed by atoms with Crippen molar-refractivity contribution in [1.29, 1.82) is 0 Å². The molecule has 3 aromatic heterocycles. The Morgan fingerprint density at radius 1 is 0.724 bits per heavy atom. The number of nitrogens with zero attached hydrogens (tertiary/aromatic N) is 8. The standard InChI is InChI=1S/C21H24N8/c1-5-27(6-2)18-9-7-17(8-10-18)19-22-20(28-13-11-15(3)25-28)24-21(23-19)29-14-12-16(4)26-29/h7-14H,5-6H2,1-4H3. The van der Waals surface area contributed by atoms with Crippen LogP contribution in [0.2, 0.25) is 0 Å². The summed E-state index contributed by atoms with van der Waals surface area (Å²) in [6, 6.07) is 12.1. The third kappa shape index (κ3) is 3.87. The Bertz CT molecular complexity index is 1050. The van der Waals surface area contributed by atoms with Crippen molar-refractivity contribution in [3.05, 3.63) is 60.2 Å². The second-order valence-electron chi connectivity index (χ2n) is 6.78. The average molecular weight is 388 g/mol. The minimum absolute atomic E-state index is 0.457. The molecule has 0 aliphatic heterocycles. The molecule has 0 saturated carbocycles. The number of hydrogen-bond donors (Lipinski definition) is 0. The first-order valence-electron chi connectivity index (χ1n) is 9.74. The molecule has 0 atom stereocenters. The molecule has 0 bridgehead atoms. The van der Waals surface area contributed by atoms with Gasteiger partial charge in [-0.05, 0) is 64.1 Å². The number of rotatable bonds is 6. The third-order valence-corrected chi connectivity index (χ3v) is 4.72. The molecule has 0 unspecified atom stereocenters. The summed E-state index contributed by atoms with van der Waals surface area (Å²) >= 11 is 0. The quantitative estimate of drug-likeness (QED) is 0.504. The van der Waals surface area contributed by atoms with Crippen LogP contribution >= 0.6 is 0 Å². The molecule has 29 heavy (non-hydrogen) atoms. The van der Waals surface area contributed by atoms with Gasteiger partial charge in [-0.25, -0.2) is 9.36 Å². The minimum atomic E-state index is 0.457. The Hall–Kier alpha value is -3.55. The van der Waals surface area contributed by atoms with E-state index in [1.807, 2.05) is 50.5 Å². The Kier molecular flexibility index (Phi) is 5.07. The fourth-order valence-electron chi connectivity index (χ4n) is 3.15. The number of aromatic nitrogens is 7. The molecule has 0 fully saturated rings. The Morgan fingerprint density at radius 2 is 1.24 bits per heavy atom. The van der Waals surface area contributed by atoms with Crippen molar-refractivity contribution in [3.8, 4) is 23.3 Å². The van der Waals surface area contributed by atoms with Crippen LogP contribution in [0.5, 0.6) is 0 Å². The number of hydrogen-bond acceptors (Lipinski definition) is 6. The van der Waals surface area contributed by atoms with Gasteiger partial charge in [-0.15, -0.1) is 0 Å². The molecule has 0 aliphatic rings. The number of anilines is 1. The van der Waals surface area contributed by atoms with Gasteiger partial charge in [0, 0.05) is 36.7 Å². The van der Waals surface area contributed by atoms with Gasteiger partial charge in [0.15, 0.2) is 5.82 Å². The van der Waals surface area contributed by atoms with E-state index in [9.17, 15) is 0 Å². The van der Waals surface area contributed by atoms with Crippen LogP contribution in [-0.4, -0.2) is 47.6 Å². The van der Waals surface area contributed by atoms with Gasteiger partial charge in [-0.3, -0.25) is 0 Å². The van der Waals surface area contributed by atoms with Crippen LogP contribution < -0.4 is 4.90 Å². The van der Waals surface area contributed by atoms with Crippen LogP contribution in [-0.2, 0) is 0 Å². The Morgan fingerprint density at radius 3 is 1.66 bits per heavy atom. The van der Waals surface area contributed by atoms with Crippen molar-refractivity contribution in [2.45, 2.75) is 27.7 Å². The van der Waals surface area contributed by atoms with Crippen molar-refractivity contribution >= 4 is 5.69 Å². The molecule has 0 saturated heterocycles. The van der Waals surface area contributed by atoms with Crippen LogP contribution in [0, 0.1) is 13.8 Å². The zero-order valence-electron chi connectivity index (χ0n) is 17.1. The summed E-state index contributed by atoms with van der Waals surface area (Å²) in [5.41, 5.74) is 3.89. The Balaban J connectivity index is 1.80. The summed E-state index contributed by atoms with van der Waals surface area (Å²) in [5.74, 6) is 1.50. The van der Waals surface area contributed by atoms with E-state index in [4.69, 9.17) is 0 Å². The maximum atomic E-state index is 4.66. The van der Waals surface area contributed by atoms with Gasteiger partial charge in [0.05, 0.1) is 11.4 Å². The van der Waals surface area contributed by atoms with E-state index in [2.05, 4.69) is 56.0 Å². The summed E-state index contributed by atoms with van der Waals surface area (Å²) in [6.07, 6.45) is 3.69. The lowest BCUT2D eigenvalue weighted by atomic mass is 10.2. The van der Waals surface area contributed by atoms with Crippen LogP contribution in [0.25, 0.3) is 23.3 Å². The van der Waals surface area contributed by atoms with E-state index in [-0.39, 0.29) is 0 Å². The summed E-state index contributed by atoms with van der Waals surface area (Å²) in [7, 11) is 0. The second-order valence-corrected chi connectivity index (χ2v) is 6.78. The monoisotopic (exact) mass is 388 g/mol. The fraction of sp³-hybridized carbons (Fsp3) is 0.286. The van der Waals surface area contributed by atoms with Crippen molar-refractivity contribution in [3.63, 3.8) is 0 Å². The van der Waals surface area contributed by atoms with Gasteiger partial charge in [0.2, 0.25) is 0 Å². The van der Waals surface area contributed by atoms with Crippen molar-refractivity contribution < 1.29 is 0 Å². The molecule has 0 spiro atoms. The maximum absolute atomic E-state index is 4.66. The zero-order chi connectivity index (χ0) is 20.4. The molecule has 4 rings (SSSR count). The largest absolute Gasteiger partial charge is 0.372 e. The number of benzene rings is 1. The molecule has 0 radical (unpaired) electrons. The van der Waals surface area contributed by atoms with Crippen LogP contribution in [0.3, 0.4) is 0 Å². The normalized spacial score (nSPS) is 11.0. The van der Waals surface area contributed by atoms with Crippen molar-refractivity contribution in [2.75, 3.05) is 18.0 Å². The lowest BCUT2D eigenvalue weighted by molar-refractivity contribution is 0.739. The smallest absolute Gasteiger partial charge is 0.255 e. The first kappa shape index (κ1) is 18.8. The van der Waals surface area contributed by atoms with Crippen molar-refractivity contribution in [1.82, 2.24) is 34.5 Å². The highest BCUT2D eigenvalue weighted by Crippen LogP contribution is 2.22. The highest BCUT2D eigenvalue weighted by Gasteiger charge is 2.13. The summed E-state index contributed by atoms with van der Waals surface area (Å²) in [5, 5.41) is 8.89. The van der Waals surface area contributed by atoms with Gasteiger partial charge in [0.25, 0.3) is 11.9 Å². The van der Waals surface area contributed by atoms with Gasteiger partial charge in [-0.1, -0.05) is 0 Å². The lowest BCUT2D eigenvalue weighted by Crippen LogP contribution is -2.21. The molecule has 0 amide bonds. The van der Waals surface area contributed by atoms with Gasteiger partial charge in [-0.2, -0.15) is 25.1 Å². The van der Waals surface area contributed by atoms with Crippen LogP contribution in [0.15, 0.2) is 48.8 Å². The molecule has 8 heteroatoms. The minimum Gasteiger partial charge on any atom is -0.372 e. The third-order valence-electron chi connectivity index (χ3n) is 4.72. The molecule has 3 heterocycles. The highest BCUT2D eigenvalue weighted by atomic mass is 15.4. The predicted octanol–water partition coefficient (Wildman–Crippen LogP) is 3.37. The van der Waals surface area contributed by atoms with Crippen LogP contribution in [0.1, 0.15) is 25.2 Å². The molecule has 1 aromatic carbocycles. The van der Waals surface area contributed by atoms with E-state index in [0.717, 1.165) is 30.0 Å². The first-order valence-corrected chi connectivity index (χ1v) is 9.74. The van der Waals surface area contributed by atoms with E-state index < -0.39 is 0 Å². The van der Waals surface area contributed by atoms with E-state index >= 15 is 0 Å². The zero-order valence-corrected chi connectivity index (χ0v) is 17.1. The first-order chi connectivity index (χ1) is 14.1. The van der Waals surface area contributed by atoms with Crippen molar-refractivity contribution in [2.24, 2.45) is 0 Å².